The Labute approximate surface area is 122 Å². The summed E-state index contributed by atoms with van der Waals surface area (Å²) in [5.41, 5.74) is 3.36. The molecule has 2 rings (SSSR count). The summed E-state index contributed by atoms with van der Waals surface area (Å²) in [7, 11) is 0. The molecule has 0 unspecified atom stereocenters. The summed E-state index contributed by atoms with van der Waals surface area (Å²) < 4.78 is 26.5. The molecule has 0 saturated heterocycles. The van der Waals surface area contributed by atoms with E-state index >= 15 is 0 Å². The van der Waals surface area contributed by atoms with Gasteiger partial charge >= 0.3 is 6.03 Å². The molecule has 2 aromatic rings. The average molecular weight is 290 g/mol. The lowest BCUT2D eigenvalue weighted by molar-refractivity contribution is 0.262. The van der Waals surface area contributed by atoms with Crippen LogP contribution in [0.2, 0.25) is 0 Å². The number of carbonyl (C=O) groups is 1. The molecule has 0 saturated carbocycles. The van der Waals surface area contributed by atoms with Crippen LogP contribution < -0.4 is 10.6 Å². The maximum absolute atomic E-state index is 13.5. The summed E-state index contributed by atoms with van der Waals surface area (Å²) in [6.45, 7) is 5.71. The Morgan fingerprint density at radius 1 is 0.952 bits per heavy atom. The van der Waals surface area contributed by atoms with Gasteiger partial charge in [-0.2, -0.15) is 0 Å². The van der Waals surface area contributed by atoms with E-state index in [0.717, 1.165) is 34.9 Å². The van der Waals surface area contributed by atoms with E-state index in [1.165, 1.54) is 0 Å². The fraction of sp³-hybridized carbons (Fsp3) is 0.188. The minimum Gasteiger partial charge on any atom is -0.307 e. The third kappa shape index (κ3) is 3.56. The van der Waals surface area contributed by atoms with Gasteiger partial charge in [-0.05, 0) is 44.0 Å². The van der Waals surface area contributed by atoms with E-state index in [9.17, 15) is 13.6 Å². The lowest BCUT2D eigenvalue weighted by atomic mass is 10.1. The van der Waals surface area contributed by atoms with Crippen molar-refractivity contribution in [2.45, 2.75) is 20.8 Å². The van der Waals surface area contributed by atoms with E-state index in [-0.39, 0.29) is 5.69 Å². The van der Waals surface area contributed by atoms with Gasteiger partial charge in [0.15, 0.2) is 0 Å². The molecule has 2 aromatic carbocycles. The molecule has 2 N–H and O–H groups in total. The van der Waals surface area contributed by atoms with Crippen molar-refractivity contribution in [1.82, 2.24) is 0 Å². The van der Waals surface area contributed by atoms with Crippen molar-refractivity contribution in [3.8, 4) is 0 Å². The van der Waals surface area contributed by atoms with Gasteiger partial charge in [0.05, 0.1) is 5.69 Å². The van der Waals surface area contributed by atoms with Crippen molar-refractivity contribution in [1.29, 1.82) is 0 Å². The summed E-state index contributed by atoms with van der Waals surface area (Å²) in [6.07, 6.45) is 0. The fourth-order valence-electron chi connectivity index (χ4n) is 2.24. The molecule has 2 amide bonds. The molecule has 5 heteroatoms. The first-order valence-electron chi connectivity index (χ1n) is 6.47. The van der Waals surface area contributed by atoms with E-state index in [0.29, 0.717) is 5.69 Å². The monoisotopic (exact) mass is 290 g/mol. The van der Waals surface area contributed by atoms with E-state index < -0.39 is 17.7 Å². The Kier molecular flexibility index (Phi) is 4.21. The van der Waals surface area contributed by atoms with Gasteiger partial charge in [0.25, 0.3) is 0 Å². The Bertz CT molecular complexity index is 676. The summed E-state index contributed by atoms with van der Waals surface area (Å²) in [5, 5.41) is 4.97. The number of benzene rings is 2. The zero-order chi connectivity index (χ0) is 15.6. The normalized spacial score (nSPS) is 10.3. The number of carbonyl (C=O) groups excluding carboxylic acids is 1. The Morgan fingerprint density at radius 3 is 2.19 bits per heavy atom. The molecule has 110 valence electrons. The van der Waals surface area contributed by atoms with Crippen LogP contribution in [0.4, 0.5) is 25.0 Å². The number of anilines is 2. The first-order valence-corrected chi connectivity index (χ1v) is 6.47. The van der Waals surface area contributed by atoms with Crippen LogP contribution in [0.5, 0.6) is 0 Å². The van der Waals surface area contributed by atoms with Gasteiger partial charge < -0.3 is 10.6 Å². The number of halogens is 2. The molecule has 0 heterocycles. The zero-order valence-electron chi connectivity index (χ0n) is 12.1. The number of rotatable bonds is 2. The number of hydrogen-bond donors (Lipinski definition) is 2. The molecule has 0 aliphatic heterocycles. The van der Waals surface area contributed by atoms with Crippen LogP contribution in [-0.2, 0) is 0 Å². The third-order valence-corrected chi connectivity index (χ3v) is 3.09. The van der Waals surface area contributed by atoms with Crippen LogP contribution in [-0.4, -0.2) is 6.03 Å². The summed E-state index contributed by atoms with van der Waals surface area (Å²) in [4.78, 5) is 11.9. The quantitative estimate of drug-likeness (QED) is 0.838. The number of hydrogen-bond acceptors (Lipinski definition) is 1. The molecule has 0 radical (unpaired) electrons. The maximum atomic E-state index is 13.5. The van der Waals surface area contributed by atoms with Crippen LogP contribution in [0, 0.1) is 32.4 Å². The van der Waals surface area contributed by atoms with Gasteiger partial charge in [-0.25, -0.2) is 13.6 Å². The summed E-state index contributed by atoms with van der Waals surface area (Å²) >= 11 is 0. The van der Waals surface area contributed by atoms with E-state index in [4.69, 9.17) is 0 Å². The van der Waals surface area contributed by atoms with E-state index in [1.807, 2.05) is 32.9 Å². The smallest absolute Gasteiger partial charge is 0.307 e. The van der Waals surface area contributed by atoms with Gasteiger partial charge in [0.2, 0.25) is 0 Å². The fourth-order valence-corrected chi connectivity index (χ4v) is 2.24. The molecule has 0 aliphatic rings. The van der Waals surface area contributed by atoms with Crippen LogP contribution in [0.1, 0.15) is 16.7 Å². The molecule has 0 aliphatic carbocycles. The van der Waals surface area contributed by atoms with Gasteiger partial charge in [-0.15, -0.1) is 0 Å². The van der Waals surface area contributed by atoms with Crippen molar-refractivity contribution >= 4 is 17.4 Å². The predicted octanol–water partition coefficient (Wildman–Crippen LogP) is 4.53. The van der Waals surface area contributed by atoms with Crippen molar-refractivity contribution in [2.24, 2.45) is 0 Å². The number of aryl methyl sites for hydroxylation is 3. The van der Waals surface area contributed by atoms with E-state index in [2.05, 4.69) is 10.6 Å². The van der Waals surface area contributed by atoms with Gasteiger partial charge in [0, 0.05) is 11.8 Å². The molecule has 0 bridgehead atoms. The molecule has 21 heavy (non-hydrogen) atoms. The molecule has 0 aromatic heterocycles. The number of amides is 2. The zero-order valence-corrected chi connectivity index (χ0v) is 12.1. The van der Waals surface area contributed by atoms with Crippen LogP contribution in [0.3, 0.4) is 0 Å². The van der Waals surface area contributed by atoms with Crippen LogP contribution in [0.15, 0.2) is 30.3 Å². The second kappa shape index (κ2) is 5.91. The highest BCUT2D eigenvalue weighted by atomic mass is 19.1. The summed E-state index contributed by atoms with van der Waals surface area (Å²) in [6, 6.07) is 6.15. The SMILES string of the molecule is Cc1cc(C)c(NC(=O)Nc2cc(F)ccc2F)c(C)c1. The topological polar surface area (TPSA) is 41.1 Å². The van der Waals surface area contributed by atoms with Crippen LogP contribution >= 0.6 is 0 Å². The summed E-state index contributed by atoms with van der Waals surface area (Å²) in [5.74, 6) is -1.31. The molecule has 0 atom stereocenters. The predicted molar refractivity (Wildman–Crippen MR) is 79.7 cm³/mol. The molecule has 0 fully saturated rings. The lowest BCUT2D eigenvalue weighted by Gasteiger charge is -2.14. The minimum atomic E-state index is -0.691. The van der Waals surface area contributed by atoms with Crippen LogP contribution in [0.25, 0.3) is 0 Å². The van der Waals surface area contributed by atoms with E-state index in [1.54, 1.807) is 0 Å². The Hall–Kier alpha value is -2.43. The minimum absolute atomic E-state index is 0.199. The highest BCUT2D eigenvalue weighted by molar-refractivity contribution is 6.00. The molecule has 0 spiro atoms. The first-order chi connectivity index (χ1) is 9.86. The molecular formula is C16H16F2N2O. The van der Waals surface area contributed by atoms with Crippen molar-refractivity contribution in [3.63, 3.8) is 0 Å². The largest absolute Gasteiger partial charge is 0.323 e. The highest BCUT2D eigenvalue weighted by Gasteiger charge is 2.11. The van der Waals surface area contributed by atoms with Crippen molar-refractivity contribution < 1.29 is 13.6 Å². The van der Waals surface area contributed by atoms with Gasteiger partial charge in [-0.1, -0.05) is 17.7 Å². The highest BCUT2D eigenvalue weighted by Crippen LogP contribution is 2.22. The second-order valence-corrected chi connectivity index (χ2v) is 4.98. The third-order valence-electron chi connectivity index (χ3n) is 3.09. The first kappa shape index (κ1) is 15.0. The Morgan fingerprint density at radius 2 is 1.57 bits per heavy atom. The van der Waals surface area contributed by atoms with Crippen molar-refractivity contribution in [2.75, 3.05) is 10.6 Å². The second-order valence-electron chi connectivity index (χ2n) is 4.98. The van der Waals surface area contributed by atoms with Gasteiger partial charge in [0.1, 0.15) is 11.6 Å². The number of urea groups is 1. The van der Waals surface area contributed by atoms with Crippen molar-refractivity contribution in [3.05, 3.63) is 58.7 Å². The lowest BCUT2D eigenvalue weighted by Crippen LogP contribution is -2.21. The molecule has 3 nitrogen and oxygen atoms in total. The standard InChI is InChI=1S/C16H16F2N2O/c1-9-6-10(2)15(11(3)7-9)20-16(21)19-14-8-12(17)4-5-13(14)18/h4-8H,1-3H3,(H2,19,20,21). The average Bonchev–Trinajstić information content (AvgIpc) is 2.38. The number of nitrogens with one attached hydrogen (secondary N) is 2. The Balaban J connectivity index is 2.17. The van der Waals surface area contributed by atoms with Gasteiger partial charge in [-0.3, -0.25) is 0 Å². The molecular weight excluding hydrogens is 274 g/mol. The maximum Gasteiger partial charge on any atom is 0.323 e.